The van der Waals surface area contributed by atoms with E-state index in [2.05, 4.69) is 0 Å². The molecule has 0 aromatic heterocycles. The van der Waals surface area contributed by atoms with Gasteiger partial charge in [-0.3, -0.25) is 0 Å². The van der Waals surface area contributed by atoms with E-state index in [1.54, 1.807) is 0 Å². The molecule has 0 fully saturated rings. The third kappa shape index (κ3) is 6.52. The van der Waals surface area contributed by atoms with Crippen LogP contribution < -0.4 is 21.2 Å². The molecule has 248 valence electrons. The molecule has 0 spiro atoms. The first kappa shape index (κ1) is 40.2. The summed E-state index contributed by atoms with van der Waals surface area (Å²) in [6, 6.07) is 0. The molecular formula is C14F23IO3S. The van der Waals surface area contributed by atoms with E-state index in [4.69, 9.17) is 13.0 Å². The predicted octanol–water partition coefficient (Wildman–Crippen LogP) is 4.02. The molecule has 28 heteroatoms. The van der Waals surface area contributed by atoms with E-state index >= 15 is 0 Å². The molecule has 0 radical (unpaired) electrons. The van der Waals surface area contributed by atoms with Crippen molar-refractivity contribution in [3.63, 3.8) is 0 Å². The summed E-state index contributed by atoms with van der Waals surface area (Å²) in [4.78, 5) is 0. The van der Waals surface area contributed by atoms with Crippen molar-refractivity contribution in [3.8, 4) is 0 Å². The number of halogens is 24. The molecule has 0 atom stereocenters. The Morgan fingerprint density at radius 3 is 0.952 bits per heavy atom. The van der Waals surface area contributed by atoms with Crippen LogP contribution in [0.1, 0.15) is 0 Å². The van der Waals surface area contributed by atoms with E-state index in [-0.39, 0.29) is 0 Å². The first-order chi connectivity index (χ1) is 17.9. The van der Waals surface area contributed by atoms with E-state index in [9.17, 15) is 101 Å². The number of hydrogen-bond donors (Lipinski definition) is 0. The van der Waals surface area contributed by atoms with Gasteiger partial charge in [-0.05, 0) is 0 Å². The molecule has 0 saturated heterocycles. The van der Waals surface area contributed by atoms with Gasteiger partial charge in [0.05, 0.1) is 0 Å². The highest BCUT2D eigenvalue weighted by Crippen LogP contribution is 2.61. The molecule has 42 heavy (non-hydrogen) atoms. The van der Waals surface area contributed by atoms with Crippen molar-refractivity contribution in [2.45, 2.75) is 45.2 Å². The van der Waals surface area contributed by atoms with Crippen molar-refractivity contribution in [1.82, 2.24) is 0 Å². The normalized spacial score (nSPS) is 15.0. The summed E-state index contributed by atoms with van der Waals surface area (Å²) in [5.41, 5.74) is -5.65. The maximum atomic E-state index is 13.7. The standard InChI is InChI=1S/C13F20I.CHF3O3S/c14-1-2(15)4(17)6(5(18)3(1)16)34-13(32,33)11(27,28)9(23,24)7(19,20)8(21,22)10(25,26)12(29,30)31;2-1(3,4)8(5,6)7/h;(H,5,6,7)/q+1;/p-1. The minimum Gasteiger partial charge on any atom is -0.741 e. The minimum absolute atomic E-state index is 2.97. The van der Waals surface area contributed by atoms with Crippen molar-refractivity contribution in [2.75, 3.05) is 0 Å². The second kappa shape index (κ2) is 11.3. The molecule has 1 aromatic rings. The number of alkyl halides is 19. The van der Waals surface area contributed by atoms with Crippen LogP contribution in [0.15, 0.2) is 0 Å². The maximum Gasteiger partial charge on any atom is 0.517 e. The smallest absolute Gasteiger partial charge is 0.517 e. The third-order valence-electron chi connectivity index (χ3n) is 3.94. The van der Waals surface area contributed by atoms with Gasteiger partial charge in [0, 0.05) is 0 Å². The summed E-state index contributed by atoms with van der Waals surface area (Å²) in [5, 5.41) is 0. The monoisotopic (exact) mass is 812 g/mol. The fourth-order valence-corrected chi connectivity index (χ4v) is 4.09. The minimum atomic E-state index is -8.65. The maximum absolute atomic E-state index is 13.7. The SMILES string of the molecule is Fc1c(F)c(F)c([I+]C(F)(F)C(F)(F)C(F)(F)C(F)(F)C(F)(F)C(F)(F)C(F)(F)F)c(F)c1F.O=S(=O)([O-])C(F)(F)F. The van der Waals surface area contributed by atoms with Crippen LogP contribution in [0.3, 0.4) is 0 Å². The van der Waals surface area contributed by atoms with Crippen molar-refractivity contribution >= 4 is 10.1 Å². The largest absolute Gasteiger partial charge is 0.741 e. The lowest BCUT2D eigenvalue weighted by molar-refractivity contribution is -0.794. The molecule has 3 nitrogen and oxygen atoms in total. The summed E-state index contributed by atoms with van der Waals surface area (Å²) in [6.45, 7) is 0. The summed E-state index contributed by atoms with van der Waals surface area (Å²) in [5.74, 6) is -58.1. The molecule has 1 aromatic carbocycles. The average molecular weight is 812 g/mol. The van der Waals surface area contributed by atoms with E-state index in [0.717, 1.165) is 0 Å². The highest BCUT2D eigenvalue weighted by Gasteiger charge is 2.95. The zero-order valence-corrected chi connectivity index (χ0v) is 20.7. The van der Waals surface area contributed by atoms with E-state index in [0.29, 0.717) is 0 Å². The van der Waals surface area contributed by atoms with Crippen LogP contribution in [0.2, 0.25) is 0 Å². The van der Waals surface area contributed by atoms with Gasteiger partial charge in [-0.25, -0.2) is 21.6 Å². The van der Waals surface area contributed by atoms with Gasteiger partial charge in [-0.2, -0.15) is 87.8 Å². The molecule has 0 aliphatic rings. The lowest BCUT2D eigenvalue weighted by Crippen LogP contribution is -3.68. The summed E-state index contributed by atoms with van der Waals surface area (Å²) in [6.07, 6.45) is -7.82. The molecule has 0 N–H and O–H groups in total. The second-order valence-corrected chi connectivity index (χ2v) is 11.1. The van der Waals surface area contributed by atoms with Crippen molar-refractivity contribution in [1.29, 1.82) is 0 Å². The van der Waals surface area contributed by atoms with Crippen LogP contribution >= 0.6 is 0 Å². The Balaban J connectivity index is 0.00000183. The van der Waals surface area contributed by atoms with Crippen LogP contribution in [-0.4, -0.2) is 58.2 Å². The van der Waals surface area contributed by atoms with Crippen LogP contribution in [0, 0.1) is 32.7 Å². The molecule has 1 rings (SSSR count). The topological polar surface area (TPSA) is 57.2 Å². The number of rotatable bonds is 7. The Morgan fingerprint density at radius 1 is 0.452 bits per heavy atom. The first-order valence-electron chi connectivity index (χ1n) is 8.43. The lowest BCUT2D eigenvalue weighted by atomic mass is 9.94. The molecule has 0 unspecified atom stereocenters. The highest BCUT2D eigenvalue weighted by molar-refractivity contribution is 7.86. The van der Waals surface area contributed by atoms with Gasteiger partial charge >= 0.3 is 66.4 Å². The molecule has 0 aliphatic heterocycles. The van der Waals surface area contributed by atoms with Gasteiger partial charge in [0.15, 0.2) is 10.1 Å². The zero-order valence-electron chi connectivity index (χ0n) is 17.7. The van der Waals surface area contributed by atoms with Gasteiger partial charge in [-0.15, -0.1) is 0 Å². The highest BCUT2D eigenvalue weighted by atomic mass is 127. The first-order valence-corrected chi connectivity index (χ1v) is 12.0. The molecular weight excluding hydrogens is 812 g/mol. The van der Waals surface area contributed by atoms with Gasteiger partial charge < -0.3 is 4.55 Å². The molecule has 0 saturated carbocycles. The summed E-state index contributed by atoms with van der Waals surface area (Å²) >= 11 is -5.15. The second-order valence-electron chi connectivity index (χ2n) is 6.75. The average Bonchev–Trinajstić information content (AvgIpc) is 2.77. The number of hydrogen-bond acceptors (Lipinski definition) is 3. The Hall–Kier alpha value is -1.75. The van der Waals surface area contributed by atoms with Crippen molar-refractivity contribution in [3.05, 3.63) is 32.7 Å². The third-order valence-corrected chi connectivity index (χ3v) is 7.35. The van der Waals surface area contributed by atoms with Crippen LogP contribution in [-0.2, 0) is 10.1 Å². The Kier molecular flexibility index (Phi) is 10.8. The Morgan fingerprint density at radius 2 is 0.690 bits per heavy atom. The Labute approximate surface area is 223 Å². The fraction of sp³-hybridized carbons (Fsp3) is 0.571. The van der Waals surface area contributed by atoms with Gasteiger partial charge in [0.2, 0.25) is 29.1 Å². The van der Waals surface area contributed by atoms with Crippen molar-refractivity contribution in [2.24, 2.45) is 0 Å². The molecule has 0 amide bonds. The quantitative estimate of drug-likeness (QED) is 0.0797. The van der Waals surface area contributed by atoms with E-state index in [1.165, 1.54) is 0 Å². The summed E-state index contributed by atoms with van der Waals surface area (Å²) < 4.78 is 310. The Bertz CT molecular complexity index is 1240. The van der Waals surface area contributed by atoms with Crippen LogP contribution in [0.5, 0.6) is 0 Å². The van der Waals surface area contributed by atoms with E-state index < -0.39 is 109 Å². The predicted molar refractivity (Wildman–Crippen MR) is 76.4 cm³/mol. The lowest BCUT2D eigenvalue weighted by Gasteiger charge is -2.39. The van der Waals surface area contributed by atoms with Crippen LogP contribution in [0.25, 0.3) is 0 Å². The number of benzene rings is 1. The summed E-state index contributed by atoms with van der Waals surface area (Å²) in [7, 11) is -6.09. The van der Waals surface area contributed by atoms with E-state index in [1.807, 2.05) is 0 Å². The zero-order chi connectivity index (χ0) is 34.7. The van der Waals surface area contributed by atoms with Gasteiger partial charge in [0.25, 0.3) is 3.57 Å². The van der Waals surface area contributed by atoms with Gasteiger partial charge in [0.1, 0.15) is 0 Å². The fourth-order valence-electron chi connectivity index (χ4n) is 1.79. The van der Waals surface area contributed by atoms with Crippen molar-refractivity contribution < 1.29 is 135 Å². The molecule has 0 heterocycles. The van der Waals surface area contributed by atoms with Crippen LogP contribution in [0.4, 0.5) is 101 Å². The molecule has 0 bridgehead atoms. The molecule has 0 aliphatic carbocycles. The van der Waals surface area contributed by atoms with Gasteiger partial charge in [-0.1, -0.05) is 0 Å².